The Labute approximate surface area is 110 Å². The average molecular weight is 296 g/mol. The Bertz CT molecular complexity index is 445. The van der Waals surface area contributed by atoms with Crippen LogP contribution in [0.15, 0.2) is 10.6 Å². The molecule has 0 amide bonds. The molecule has 0 radical (unpaired) electrons. The van der Waals surface area contributed by atoms with Crippen molar-refractivity contribution in [1.29, 1.82) is 0 Å². The lowest BCUT2D eigenvalue weighted by molar-refractivity contribution is 0.281. The molecule has 2 fully saturated rings. The van der Waals surface area contributed by atoms with Crippen molar-refractivity contribution in [3.8, 4) is 0 Å². The Morgan fingerprint density at radius 1 is 1.29 bits per heavy atom. The molecule has 5 nitrogen and oxygen atoms in total. The predicted molar refractivity (Wildman–Crippen MR) is 68.4 cm³/mol. The summed E-state index contributed by atoms with van der Waals surface area (Å²) in [7, 11) is -3.36. The third-order valence-corrected chi connectivity index (χ3v) is 6.52. The summed E-state index contributed by atoms with van der Waals surface area (Å²) in [4.78, 5) is 0. The monoisotopic (exact) mass is 295 g/mol. The molecule has 0 aromatic heterocycles. The van der Waals surface area contributed by atoms with Crippen molar-refractivity contribution in [3.63, 3.8) is 0 Å². The number of halogens is 1. The van der Waals surface area contributed by atoms with Crippen molar-refractivity contribution >= 4 is 33.4 Å². The first kappa shape index (κ1) is 12.1. The van der Waals surface area contributed by atoms with E-state index in [0.717, 1.165) is 25.7 Å². The normalized spacial score (nSPS) is 29.6. The van der Waals surface area contributed by atoms with Crippen molar-refractivity contribution < 1.29 is 8.42 Å². The van der Waals surface area contributed by atoms with E-state index in [-0.39, 0.29) is 6.04 Å². The zero-order chi connectivity index (χ0) is 12.0. The van der Waals surface area contributed by atoms with E-state index in [9.17, 15) is 8.42 Å². The smallest absolute Gasteiger partial charge is 0.244 e. The van der Waals surface area contributed by atoms with Crippen molar-refractivity contribution in [3.05, 3.63) is 10.6 Å². The highest BCUT2D eigenvalue weighted by molar-refractivity contribution is 8.14. The van der Waals surface area contributed by atoms with Crippen LogP contribution in [0, 0.1) is 0 Å². The fraction of sp³-hybridized carbons (Fsp3) is 0.778. The van der Waals surface area contributed by atoms with Gasteiger partial charge in [0.05, 0.1) is 0 Å². The van der Waals surface area contributed by atoms with E-state index >= 15 is 0 Å². The number of nitrogens with zero attached hydrogens (tertiary/aromatic N) is 1. The maximum atomic E-state index is 12.1. The first-order chi connectivity index (χ1) is 8.06. The first-order valence-electron chi connectivity index (χ1n) is 5.64. The molecule has 0 bridgehead atoms. The Hall–Kier alpha value is 0.0500. The minimum absolute atomic E-state index is 0.128. The van der Waals surface area contributed by atoms with Crippen LogP contribution in [-0.4, -0.2) is 30.2 Å². The van der Waals surface area contributed by atoms with Crippen molar-refractivity contribution in [1.82, 2.24) is 15.2 Å². The zero-order valence-corrected chi connectivity index (χ0v) is 11.5. The van der Waals surface area contributed by atoms with Gasteiger partial charge in [-0.2, -0.15) is 0 Å². The van der Waals surface area contributed by atoms with Gasteiger partial charge in [0.15, 0.2) is 0 Å². The van der Waals surface area contributed by atoms with E-state index in [1.165, 1.54) is 11.8 Å². The molecule has 17 heavy (non-hydrogen) atoms. The summed E-state index contributed by atoms with van der Waals surface area (Å²) in [6, 6.07) is 0.497. The molecule has 1 unspecified atom stereocenters. The number of thioether (sulfide) groups is 1. The topological polar surface area (TPSA) is 61.4 Å². The Morgan fingerprint density at radius 2 is 1.94 bits per heavy atom. The van der Waals surface area contributed by atoms with Gasteiger partial charge in [0.25, 0.3) is 0 Å². The molecule has 0 spiro atoms. The quantitative estimate of drug-likeness (QED) is 0.744. The van der Waals surface area contributed by atoms with Crippen LogP contribution in [0.1, 0.15) is 25.7 Å². The molecule has 1 aliphatic heterocycles. The summed E-state index contributed by atoms with van der Waals surface area (Å²) < 4.78 is 26.3. The molecule has 2 N–H and O–H groups in total. The van der Waals surface area contributed by atoms with Crippen LogP contribution in [0.3, 0.4) is 0 Å². The fourth-order valence-corrected chi connectivity index (χ4v) is 4.81. The third-order valence-electron chi connectivity index (χ3n) is 2.80. The van der Waals surface area contributed by atoms with Gasteiger partial charge in [0, 0.05) is 17.5 Å². The predicted octanol–water partition coefficient (Wildman–Crippen LogP) is 1.11. The average Bonchev–Trinajstić information content (AvgIpc) is 3.12. The van der Waals surface area contributed by atoms with Gasteiger partial charge >= 0.3 is 0 Å². The Balaban J connectivity index is 1.72. The van der Waals surface area contributed by atoms with Crippen LogP contribution in [0.2, 0.25) is 0 Å². The van der Waals surface area contributed by atoms with Crippen LogP contribution in [0.5, 0.6) is 0 Å². The van der Waals surface area contributed by atoms with Gasteiger partial charge in [0.2, 0.25) is 14.7 Å². The maximum absolute atomic E-state index is 12.1. The van der Waals surface area contributed by atoms with Gasteiger partial charge in [-0.3, -0.25) is 5.01 Å². The molecule has 1 atom stereocenters. The molecule has 3 aliphatic rings. The van der Waals surface area contributed by atoms with E-state index in [4.69, 9.17) is 11.6 Å². The Kier molecular flexibility index (Phi) is 3.07. The number of rotatable bonds is 5. The maximum Gasteiger partial charge on any atom is 0.244 e. The second-order valence-electron chi connectivity index (χ2n) is 4.59. The lowest BCUT2D eigenvalue weighted by Gasteiger charge is -2.26. The van der Waals surface area contributed by atoms with Crippen LogP contribution >= 0.6 is 23.4 Å². The molecule has 1 heterocycles. The van der Waals surface area contributed by atoms with Crippen LogP contribution in [0.25, 0.3) is 0 Å². The molecule has 2 aliphatic carbocycles. The summed E-state index contributed by atoms with van der Waals surface area (Å²) >= 11 is 7.24. The molecule has 3 rings (SSSR count). The molecule has 8 heteroatoms. The van der Waals surface area contributed by atoms with Crippen LogP contribution in [-0.2, 0) is 10.0 Å². The van der Waals surface area contributed by atoms with Crippen molar-refractivity contribution in [2.24, 2.45) is 0 Å². The molecule has 0 aromatic carbocycles. The lowest BCUT2D eigenvalue weighted by atomic mass is 10.7. The first-order valence-corrected chi connectivity index (χ1v) is 8.51. The summed E-state index contributed by atoms with van der Waals surface area (Å²) in [5.41, 5.74) is 3.15. The number of hydrogen-bond acceptors (Lipinski definition) is 5. The fourth-order valence-electron chi connectivity index (χ4n) is 1.57. The molecule has 2 saturated carbocycles. The highest BCUT2D eigenvalue weighted by atomic mass is 35.5. The Morgan fingerprint density at radius 3 is 2.53 bits per heavy atom. The van der Waals surface area contributed by atoms with Crippen LogP contribution < -0.4 is 10.1 Å². The van der Waals surface area contributed by atoms with Crippen LogP contribution in [0.4, 0.5) is 0 Å². The number of hydrogen-bond donors (Lipinski definition) is 2. The largest absolute Gasteiger partial charge is 0.267 e. The highest BCUT2D eigenvalue weighted by Crippen LogP contribution is 2.37. The molecular formula is C9H14ClN3O2S2. The summed E-state index contributed by atoms with van der Waals surface area (Å²) in [6.45, 7) is 0. The van der Waals surface area contributed by atoms with Gasteiger partial charge in [-0.05, 0) is 25.7 Å². The SMILES string of the molecule is O=S(=O)(NC1CC1)C1SC=C(Cl)N1NC1CC1. The van der Waals surface area contributed by atoms with E-state index in [0.29, 0.717) is 11.2 Å². The number of sulfonamides is 1. The minimum atomic E-state index is -3.36. The van der Waals surface area contributed by atoms with E-state index in [2.05, 4.69) is 10.1 Å². The van der Waals surface area contributed by atoms with Gasteiger partial charge in [-0.15, -0.1) is 0 Å². The zero-order valence-electron chi connectivity index (χ0n) is 9.10. The van der Waals surface area contributed by atoms with E-state index < -0.39 is 14.7 Å². The second-order valence-corrected chi connectivity index (χ2v) is 8.01. The van der Waals surface area contributed by atoms with Gasteiger partial charge in [0.1, 0.15) is 5.16 Å². The van der Waals surface area contributed by atoms with Gasteiger partial charge in [-0.1, -0.05) is 23.4 Å². The molecule has 0 saturated heterocycles. The molecule has 96 valence electrons. The van der Waals surface area contributed by atoms with E-state index in [1.54, 1.807) is 10.4 Å². The molecule has 0 aromatic rings. The van der Waals surface area contributed by atoms with E-state index in [1.807, 2.05) is 0 Å². The van der Waals surface area contributed by atoms with Crippen molar-refractivity contribution in [2.45, 2.75) is 42.5 Å². The minimum Gasteiger partial charge on any atom is -0.267 e. The van der Waals surface area contributed by atoms with Gasteiger partial charge in [-0.25, -0.2) is 18.6 Å². The summed E-state index contributed by atoms with van der Waals surface area (Å²) in [5, 5.41) is 3.69. The molecular weight excluding hydrogens is 282 g/mol. The van der Waals surface area contributed by atoms with Gasteiger partial charge < -0.3 is 0 Å². The van der Waals surface area contributed by atoms with Crippen molar-refractivity contribution in [2.75, 3.05) is 0 Å². The summed E-state index contributed by atoms with van der Waals surface area (Å²) in [5.74, 6) is 0. The highest BCUT2D eigenvalue weighted by Gasteiger charge is 2.41. The third kappa shape index (κ3) is 2.73. The second kappa shape index (κ2) is 4.31. The number of hydrazine groups is 1. The number of nitrogens with one attached hydrogen (secondary N) is 2. The lowest BCUT2D eigenvalue weighted by Crippen LogP contribution is -2.48. The standard InChI is InChI=1S/C9H14ClN3O2S2/c10-8-5-16-9(13(8)11-6-1-2-6)17(14,15)12-7-3-4-7/h5-7,9,11-12H,1-4H2. The summed E-state index contributed by atoms with van der Waals surface area (Å²) in [6.07, 6.45) is 4.03.